The summed E-state index contributed by atoms with van der Waals surface area (Å²) < 4.78 is 11.0. The number of benzene rings is 2. The van der Waals surface area contributed by atoms with Crippen LogP contribution in [-0.2, 0) is 9.47 Å². The fourth-order valence-corrected chi connectivity index (χ4v) is 3.59. The number of rotatable bonds is 16. The lowest BCUT2D eigenvalue weighted by atomic mass is 10.2. The number of anilines is 3. The Balaban J connectivity index is 2.17. The molecule has 0 unspecified atom stereocenters. The van der Waals surface area contributed by atoms with E-state index in [1.165, 1.54) is 19.2 Å². The summed E-state index contributed by atoms with van der Waals surface area (Å²) >= 11 is 0. The molecule has 0 atom stereocenters. The molecular weight excluding hydrogens is 504 g/mol. The van der Waals surface area contributed by atoms with Gasteiger partial charge in [0, 0.05) is 51.1 Å². The van der Waals surface area contributed by atoms with Gasteiger partial charge in [0.15, 0.2) is 0 Å². The third-order valence-corrected chi connectivity index (χ3v) is 5.86. The van der Waals surface area contributed by atoms with Crippen molar-refractivity contribution in [1.82, 2.24) is 10.9 Å². The second-order valence-electron chi connectivity index (χ2n) is 8.43. The number of hydrazine groups is 2. The van der Waals surface area contributed by atoms with Crippen molar-refractivity contribution in [3.63, 3.8) is 0 Å². The molecule has 4 N–H and O–H groups in total. The van der Waals surface area contributed by atoms with Crippen molar-refractivity contribution in [1.29, 1.82) is 0 Å². The van der Waals surface area contributed by atoms with Crippen molar-refractivity contribution < 1.29 is 24.6 Å². The minimum atomic E-state index is -0.446. The lowest BCUT2D eigenvalue weighted by Crippen LogP contribution is -2.35. The predicted octanol–water partition coefficient (Wildman–Crippen LogP) is 2.89. The molecule has 212 valence electrons. The first-order valence-electron chi connectivity index (χ1n) is 12.2. The molecule has 0 aliphatic heterocycles. The summed E-state index contributed by atoms with van der Waals surface area (Å²) in [4.78, 5) is 12.4. The Morgan fingerprint density at radius 3 is 1.87 bits per heavy atom. The molecule has 0 spiro atoms. The molecule has 0 saturated heterocycles. The maximum absolute atomic E-state index is 11.0. The van der Waals surface area contributed by atoms with Crippen molar-refractivity contribution in [2.75, 3.05) is 69.5 Å². The van der Waals surface area contributed by atoms with E-state index >= 15 is 0 Å². The highest BCUT2D eigenvalue weighted by atomic mass is 16.6. The molecule has 0 aliphatic carbocycles. The fraction of sp³-hybridized carbons (Fsp3) is 0.333. The van der Waals surface area contributed by atoms with Crippen molar-refractivity contribution in [3.05, 3.63) is 94.2 Å². The Bertz CT molecular complexity index is 1140. The molecule has 0 amide bonds. The van der Waals surface area contributed by atoms with Gasteiger partial charge in [-0.1, -0.05) is 6.58 Å². The third kappa shape index (κ3) is 8.83. The van der Waals surface area contributed by atoms with E-state index in [0.29, 0.717) is 41.7 Å². The number of allylic oxidation sites excluding steroid dienone is 2. The van der Waals surface area contributed by atoms with Crippen molar-refractivity contribution >= 4 is 22.7 Å². The van der Waals surface area contributed by atoms with Crippen LogP contribution in [0.15, 0.2) is 84.1 Å². The van der Waals surface area contributed by atoms with Gasteiger partial charge in [-0.05, 0) is 43.3 Å². The maximum atomic E-state index is 11.0. The molecule has 0 bridgehead atoms. The number of hydrogen-bond acceptors (Lipinski definition) is 11. The lowest BCUT2D eigenvalue weighted by molar-refractivity contribution is -0.384. The molecule has 39 heavy (non-hydrogen) atoms. The number of ether oxygens (including phenoxy) is 2. The molecule has 2 rings (SSSR count). The quantitative estimate of drug-likeness (QED) is 0.108. The summed E-state index contributed by atoms with van der Waals surface area (Å²) in [5, 5.41) is 33.0. The molecule has 2 aromatic rings. The highest BCUT2D eigenvalue weighted by Crippen LogP contribution is 2.22. The van der Waals surface area contributed by atoms with Gasteiger partial charge in [-0.3, -0.25) is 31.0 Å². The smallest absolute Gasteiger partial charge is 0.269 e. The van der Waals surface area contributed by atoms with Crippen LogP contribution >= 0.6 is 0 Å². The lowest BCUT2D eigenvalue weighted by Gasteiger charge is -2.27. The van der Waals surface area contributed by atoms with Crippen LogP contribution in [0.5, 0.6) is 0 Å². The van der Waals surface area contributed by atoms with Crippen molar-refractivity contribution in [3.8, 4) is 0 Å². The monoisotopic (exact) mass is 542 g/mol. The second kappa shape index (κ2) is 15.1. The highest BCUT2D eigenvalue weighted by molar-refractivity contribution is 5.56. The van der Waals surface area contributed by atoms with Gasteiger partial charge >= 0.3 is 0 Å². The maximum Gasteiger partial charge on any atom is 0.269 e. The van der Waals surface area contributed by atoms with E-state index in [0.717, 1.165) is 11.4 Å². The van der Waals surface area contributed by atoms with Crippen LogP contribution < -0.4 is 25.8 Å². The summed E-state index contributed by atoms with van der Waals surface area (Å²) in [6.07, 6.45) is 1.73. The molecule has 2 aromatic carbocycles. The Morgan fingerprint density at radius 1 is 0.923 bits per heavy atom. The Labute approximate surface area is 229 Å². The largest absolute Gasteiger partial charge is 0.499 e. The van der Waals surface area contributed by atoms with Gasteiger partial charge in [0.25, 0.3) is 5.69 Å². The van der Waals surface area contributed by atoms with E-state index < -0.39 is 4.92 Å². The molecule has 12 heteroatoms. The van der Waals surface area contributed by atoms with Crippen LogP contribution in [0.2, 0.25) is 0 Å². The Hall–Kier alpha value is -4.42. The van der Waals surface area contributed by atoms with Gasteiger partial charge in [-0.15, -0.1) is 0 Å². The Morgan fingerprint density at radius 2 is 1.41 bits per heavy atom. The standard InChI is InChI=1S/C27H38N6O6/c1-20(28-30(3)22-7-11-24(12-8-22)32(15-17-34)16-18-35)27(39-6)19-26(21(2)38-5)29-31(4)23-9-13-25(14-10-23)33(36)37/h7-14,19,28-29,34-35H,1,15-18H2,2-6H3/b26-21-,27-19+. The third-order valence-electron chi connectivity index (χ3n) is 5.86. The molecule has 0 saturated carbocycles. The number of methoxy groups -OCH3 is 2. The van der Waals surface area contributed by atoms with Gasteiger partial charge in [0.1, 0.15) is 11.5 Å². The minimum absolute atomic E-state index is 0.00586. The fourth-order valence-electron chi connectivity index (χ4n) is 3.59. The van der Waals surface area contributed by atoms with Crippen LogP contribution in [0.25, 0.3) is 0 Å². The number of nitrogens with zero attached hydrogens (tertiary/aromatic N) is 4. The minimum Gasteiger partial charge on any atom is -0.499 e. The van der Waals surface area contributed by atoms with Crippen LogP contribution in [0.4, 0.5) is 22.7 Å². The molecular formula is C27H38N6O6. The van der Waals surface area contributed by atoms with Gasteiger partial charge in [-0.2, -0.15) is 0 Å². The van der Waals surface area contributed by atoms with Crippen LogP contribution in [0.3, 0.4) is 0 Å². The Kier molecular flexibility index (Phi) is 11.9. The number of non-ortho nitro benzene ring substituents is 1. The number of aliphatic hydroxyl groups is 2. The average Bonchev–Trinajstić information content (AvgIpc) is 2.94. The first-order chi connectivity index (χ1) is 18.6. The SMILES string of the molecule is C=C(NN(C)c1ccc(N(CCO)CCO)cc1)/C(=C\C(NN(C)c1ccc([N+](=O)[O-])cc1)=C(/C)OC)OC. The summed E-state index contributed by atoms with van der Waals surface area (Å²) in [7, 11) is 6.70. The topological polar surface area (TPSA) is 136 Å². The van der Waals surface area contributed by atoms with E-state index in [-0.39, 0.29) is 18.9 Å². The first kappa shape index (κ1) is 30.8. The summed E-state index contributed by atoms with van der Waals surface area (Å²) in [5.41, 5.74) is 9.91. The zero-order valence-corrected chi connectivity index (χ0v) is 23.0. The van der Waals surface area contributed by atoms with E-state index in [9.17, 15) is 20.3 Å². The average molecular weight is 543 g/mol. The van der Waals surface area contributed by atoms with E-state index in [4.69, 9.17) is 9.47 Å². The zero-order chi connectivity index (χ0) is 28.9. The molecule has 0 radical (unpaired) electrons. The van der Waals surface area contributed by atoms with Crippen molar-refractivity contribution in [2.45, 2.75) is 6.92 Å². The first-order valence-corrected chi connectivity index (χ1v) is 12.2. The van der Waals surface area contributed by atoms with Crippen LogP contribution in [-0.4, -0.2) is 69.8 Å². The van der Waals surface area contributed by atoms with E-state index in [1.54, 1.807) is 49.3 Å². The second-order valence-corrected chi connectivity index (χ2v) is 8.43. The zero-order valence-electron chi connectivity index (χ0n) is 23.0. The summed E-state index contributed by atoms with van der Waals surface area (Å²) in [6, 6.07) is 13.8. The van der Waals surface area contributed by atoms with Gasteiger partial charge in [0.05, 0.1) is 55.1 Å². The number of nitro groups is 1. The normalized spacial score (nSPS) is 11.7. The number of aliphatic hydroxyl groups excluding tert-OH is 2. The molecule has 0 aliphatic rings. The van der Waals surface area contributed by atoms with Crippen molar-refractivity contribution in [2.24, 2.45) is 0 Å². The summed E-state index contributed by atoms with van der Waals surface area (Å²) in [5.74, 6) is 1.01. The predicted molar refractivity (Wildman–Crippen MR) is 153 cm³/mol. The van der Waals surface area contributed by atoms with Crippen LogP contribution in [0, 0.1) is 10.1 Å². The highest BCUT2D eigenvalue weighted by Gasteiger charge is 2.13. The molecule has 0 fully saturated rings. The van der Waals surface area contributed by atoms with Gasteiger partial charge in [-0.25, -0.2) is 0 Å². The van der Waals surface area contributed by atoms with Crippen LogP contribution in [0.1, 0.15) is 6.92 Å². The number of nitro benzene ring substituents is 1. The van der Waals surface area contributed by atoms with Gasteiger partial charge in [0.2, 0.25) is 0 Å². The van der Waals surface area contributed by atoms with E-state index in [1.807, 2.05) is 36.2 Å². The molecule has 0 heterocycles. The summed E-state index contributed by atoms with van der Waals surface area (Å²) in [6.45, 7) is 6.74. The molecule has 0 aromatic heterocycles. The van der Waals surface area contributed by atoms with E-state index in [2.05, 4.69) is 17.4 Å². The molecule has 12 nitrogen and oxygen atoms in total. The number of nitrogens with one attached hydrogen (secondary N) is 2. The van der Waals surface area contributed by atoms with Gasteiger partial charge < -0.3 is 24.6 Å². The number of hydrogen-bond donors (Lipinski definition) is 4.